The summed E-state index contributed by atoms with van der Waals surface area (Å²) in [5.41, 5.74) is 1.13. The average Bonchev–Trinajstić information content (AvgIpc) is 2.86. The van der Waals surface area contributed by atoms with E-state index in [1.807, 2.05) is 17.8 Å². The van der Waals surface area contributed by atoms with Crippen LogP contribution in [0.15, 0.2) is 17.3 Å². The van der Waals surface area contributed by atoms with Crippen LogP contribution in [0.5, 0.6) is 0 Å². The van der Waals surface area contributed by atoms with Gasteiger partial charge in [0.2, 0.25) is 0 Å². The van der Waals surface area contributed by atoms with E-state index in [9.17, 15) is 0 Å². The van der Waals surface area contributed by atoms with E-state index in [0.717, 1.165) is 37.8 Å². The maximum absolute atomic E-state index is 4.25. The maximum Gasteiger partial charge on any atom is 0.191 e. The zero-order chi connectivity index (χ0) is 15.0. The number of guanidine groups is 1. The van der Waals surface area contributed by atoms with Crippen molar-refractivity contribution < 1.29 is 0 Å². The number of aryl methyl sites for hydroxylation is 1. The monoisotopic (exact) mass is 280 g/mol. The highest BCUT2D eigenvalue weighted by molar-refractivity contribution is 5.79. The van der Waals surface area contributed by atoms with Crippen molar-refractivity contribution in [3.8, 4) is 0 Å². The Bertz CT molecular complexity index is 408. The van der Waals surface area contributed by atoms with E-state index in [0.29, 0.717) is 6.04 Å². The summed E-state index contributed by atoms with van der Waals surface area (Å²) >= 11 is 0. The Morgan fingerprint density at radius 3 is 2.60 bits per heavy atom. The van der Waals surface area contributed by atoms with Crippen LogP contribution in [-0.4, -0.2) is 53.4 Å². The molecular weight excluding hydrogens is 252 g/mol. The van der Waals surface area contributed by atoms with Crippen LogP contribution < -0.4 is 10.6 Å². The van der Waals surface area contributed by atoms with Gasteiger partial charge < -0.3 is 10.6 Å². The van der Waals surface area contributed by atoms with Gasteiger partial charge in [-0.3, -0.25) is 14.6 Å². The van der Waals surface area contributed by atoms with E-state index < -0.39 is 0 Å². The molecule has 114 valence electrons. The fourth-order valence-corrected chi connectivity index (χ4v) is 2.19. The second kappa shape index (κ2) is 8.58. The number of nitrogens with one attached hydrogen (secondary N) is 2. The Labute approximate surface area is 122 Å². The fraction of sp³-hybridized carbons (Fsp3) is 0.714. The average molecular weight is 280 g/mol. The van der Waals surface area contributed by atoms with Gasteiger partial charge in [0.25, 0.3) is 0 Å². The Balaban J connectivity index is 2.39. The molecule has 2 N–H and O–H groups in total. The van der Waals surface area contributed by atoms with Crippen molar-refractivity contribution in [2.45, 2.75) is 33.4 Å². The molecule has 0 aliphatic rings. The Morgan fingerprint density at radius 2 is 2.10 bits per heavy atom. The third kappa shape index (κ3) is 4.85. The molecule has 0 saturated carbocycles. The van der Waals surface area contributed by atoms with Gasteiger partial charge >= 0.3 is 0 Å². The quantitative estimate of drug-likeness (QED) is 0.573. The van der Waals surface area contributed by atoms with E-state index in [1.54, 1.807) is 13.2 Å². The van der Waals surface area contributed by atoms with Gasteiger partial charge in [-0.1, -0.05) is 13.8 Å². The number of hydrogen-bond acceptors (Lipinski definition) is 3. The summed E-state index contributed by atoms with van der Waals surface area (Å²) in [6.07, 6.45) is 1.80. The van der Waals surface area contributed by atoms with Crippen LogP contribution in [0.4, 0.5) is 0 Å². The van der Waals surface area contributed by atoms with Gasteiger partial charge in [0.05, 0.1) is 12.2 Å². The van der Waals surface area contributed by atoms with Crippen molar-refractivity contribution in [3.63, 3.8) is 0 Å². The highest BCUT2D eigenvalue weighted by atomic mass is 15.3. The van der Waals surface area contributed by atoms with E-state index in [2.05, 4.69) is 46.4 Å². The molecule has 20 heavy (non-hydrogen) atoms. The second-order valence-corrected chi connectivity index (χ2v) is 4.82. The van der Waals surface area contributed by atoms with Crippen LogP contribution in [0.3, 0.4) is 0 Å². The van der Waals surface area contributed by atoms with Crippen LogP contribution in [0, 0.1) is 0 Å². The van der Waals surface area contributed by atoms with Gasteiger partial charge in [-0.25, -0.2) is 0 Å². The molecule has 1 aromatic heterocycles. The van der Waals surface area contributed by atoms with Gasteiger partial charge in [-0.15, -0.1) is 0 Å². The SMILES string of the molecule is CCN(CC)C(C)CNC(=NC)NCc1ccnn1C. The molecule has 6 heteroatoms. The van der Waals surface area contributed by atoms with Gasteiger partial charge in [0, 0.05) is 32.9 Å². The second-order valence-electron chi connectivity index (χ2n) is 4.82. The molecule has 0 aromatic carbocycles. The predicted octanol–water partition coefficient (Wildman–Crippen LogP) is 0.815. The largest absolute Gasteiger partial charge is 0.355 e. The summed E-state index contributed by atoms with van der Waals surface area (Å²) in [7, 11) is 3.73. The maximum atomic E-state index is 4.25. The molecule has 0 saturated heterocycles. The molecule has 1 unspecified atom stereocenters. The normalized spacial score (nSPS) is 13.6. The summed E-state index contributed by atoms with van der Waals surface area (Å²) in [4.78, 5) is 6.66. The van der Waals surface area contributed by atoms with Crippen molar-refractivity contribution in [2.24, 2.45) is 12.0 Å². The third-order valence-electron chi connectivity index (χ3n) is 3.58. The van der Waals surface area contributed by atoms with Crippen LogP contribution in [0.1, 0.15) is 26.5 Å². The minimum atomic E-state index is 0.486. The van der Waals surface area contributed by atoms with E-state index >= 15 is 0 Å². The number of rotatable bonds is 7. The first kappa shape index (κ1) is 16.5. The van der Waals surface area contributed by atoms with Crippen LogP contribution >= 0.6 is 0 Å². The molecule has 0 radical (unpaired) electrons. The van der Waals surface area contributed by atoms with Gasteiger partial charge in [0.15, 0.2) is 5.96 Å². The summed E-state index contributed by atoms with van der Waals surface area (Å²) in [5.74, 6) is 0.824. The minimum Gasteiger partial charge on any atom is -0.355 e. The Hall–Kier alpha value is -1.56. The number of aliphatic imine (C=N–C) groups is 1. The topological polar surface area (TPSA) is 57.5 Å². The van der Waals surface area contributed by atoms with Gasteiger partial charge in [-0.05, 0) is 26.1 Å². The van der Waals surface area contributed by atoms with Crippen LogP contribution in [-0.2, 0) is 13.6 Å². The molecule has 1 atom stereocenters. The van der Waals surface area contributed by atoms with E-state index in [1.165, 1.54) is 0 Å². The summed E-state index contributed by atoms with van der Waals surface area (Å²) in [5, 5.41) is 10.8. The molecule has 6 nitrogen and oxygen atoms in total. The van der Waals surface area contributed by atoms with Crippen molar-refractivity contribution in [1.29, 1.82) is 0 Å². The first-order valence-electron chi connectivity index (χ1n) is 7.27. The Kier molecular flexibility index (Phi) is 7.08. The van der Waals surface area contributed by atoms with Crippen molar-refractivity contribution in [3.05, 3.63) is 18.0 Å². The van der Waals surface area contributed by atoms with Crippen LogP contribution in [0.25, 0.3) is 0 Å². The lowest BCUT2D eigenvalue weighted by molar-refractivity contribution is 0.231. The zero-order valence-electron chi connectivity index (χ0n) is 13.3. The molecule has 0 bridgehead atoms. The van der Waals surface area contributed by atoms with Crippen LogP contribution in [0.2, 0.25) is 0 Å². The molecular formula is C14H28N6. The standard InChI is InChI=1S/C14H28N6/c1-6-20(7-2)12(3)10-16-14(15-4)17-11-13-8-9-18-19(13)5/h8-9,12H,6-7,10-11H2,1-5H3,(H2,15,16,17). The van der Waals surface area contributed by atoms with E-state index in [-0.39, 0.29) is 0 Å². The number of nitrogens with zero attached hydrogens (tertiary/aromatic N) is 4. The summed E-state index contributed by atoms with van der Waals surface area (Å²) < 4.78 is 1.86. The van der Waals surface area contributed by atoms with Crippen molar-refractivity contribution in [1.82, 2.24) is 25.3 Å². The molecule has 1 rings (SSSR count). The highest BCUT2D eigenvalue weighted by Gasteiger charge is 2.10. The molecule has 0 amide bonds. The lowest BCUT2D eigenvalue weighted by atomic mass is 10.3. The van der Waals surface area contributed by atoms with Gasteiger partial charge in [-0.2, -0.15) is 5.10 Å². The number of likely N-dealkylation sites (N-methyl/N-ethyl adjacent to an activating group) is 1. The Morgan fingerprint density at radius 1 is 1.40 bits per heavy atom. The lowest BCUT2D eigenvalue weighted by Gasteiger charge is -2.27. The van der Waals surface area contributed by atoms with Gasteiger partial charge in [0.1, 0.15) is 0 Å². The molecule has 0 aliphatic carbocycles. The zero-order valence-corrected chi connectivity index (χ0v) is 13.3. The highest BCUT2D eigenvalue weighted by Crippen LogP contribution is 1.97. The molecule has 1 aromatic rings. The fourth-order valence-electron chi connectivity index (χ4n) is 2.19. The third-order valence-corrected chi connectivity index (χ3v) is 3.58. The number of hydrogen-bond donors (Lipinski definition) is 2. The first-order chi connectivity index (χ1) is 9.62. The molecule has 0 fully saturated rings. The molecule has 0 aliphatic heterocycles. The van der Waals surface area contributed by atoms with E-state index in [4.69, 9.17) is 0 Å². The molecule has 0 spiro atoms. The predicted molar refractivity (Wildman–Crippen MR) is 83.8 cm³/mol. The minimum absolute atomic E-state index is 0.486. The lowest BCUT2D eigenvalue weighted by Crippen LogP contribution is -2.45. The summed E-state index contributed by atoms with van der Waals surface area (Å²) in [6, 6.07) is 2.49. The van der Waals surface area contributed by atoms with Crippen molar-refractivity contribution in [2.75, 3.05) is 26.7 Å². The molecule has 1 heterocycles. The van der Waals surface area contributed by atoms with Crippen molar-refractivity contribution >= 4 is 5.96 Å². The first-order valence-corrected chi connectivity index (χ1v) is 7.27. The smallest absolute Gasteiger partial charge is 0.191 e. The summed E-state index contributed by atoms with van der Waals surface area (Å²) in [6.45, 7) is 10.3. The number of aromatic nitrogens is 2.